The van der Waals surface area contributed by atoms with Gasteiger partial charge < -0.3 is 9.73 Å². The molecular formula is C15H10Cl3N3O. The van der Waals surface area contributed by atoms with Gasteiger partial charge in [-0.15, -0.1) is 10.2 Å². The molecule has 1 N–H and O–H groups in total. The predicted molar refractivity (Wildman–Crippen MR) is 88.5 cm³/mol. The molecule has 1 heterocycles. The van der Waals surface area contributed by atoms with Gasteiger partial charge in [0.1, 0.15) is 0 Å². The number of benzene rings is 2. The van der Waals surface area contributed by atoms with Gasteiger partial charge in [0.15, 0.2) is 0 Å². The molecule has 7 heteroatoms. The number of halogens is 3. The Hall–Kier alpha value is -1.75. The first-order valence-corrected chi connectivity index (χ1v) is 7.53. The molecular weight excluding hydrogens is 345 g/mol. The summed E-state index contributed by atoms with van der Waals surface area (Å²) in [5.41, 5.74) is 1.44. The van der Waals surface area contributed by atoms with E-state index in [-0.39, 0.29) is 0 Å². The number of anilines is 1. The van der Waals surface area contributed by atoms with Crippen molar-refractivity contribution in [3.63, 3.8) is 0 Å². The van der Waals surface area contributed by atoms with Crippen molar-refractivity contribution in [3.8, 4) is 11.5 Å². The van der Waals surface area contributed by atoms with Crippen molar-refractivity contribution in [2.45, 2.75) is 6.54 Å². The summed E-state index contributed by atoms with van der Waals surface area (Å²) < 4.78 is 5.60. The highest BCUT2D eigenvalue weighted by molar-refractivity contribution is 6.39. The van der Waals surface area contributed by atoms with Gasteiger partial charge in [-0.25, -0.2) is 0 Å². The molecule has 0 fully saturated rings. The van der Waals surface area contributed by atoms with Crippen molar-refractivity contribution < 1.29 is 4.42 Å². The van der Waals surface area contributed by atoms with Crippen LogP contribution in [0.3, 0.4) is 0 Å². The van der Waals surface area contributed by atoms with E-state index in [4.69, 9.17) is 39.2 Å². The molecule has 22 heavy (non-hydrogen) atoms. The van der Waals surface area contributed by atoms with Crippen LogP contribution < -0.4 is 5.32 Å². The minimum Gasteiger partial charge on any atom is -0.419 e. The van der Waals surface area contributed by atoms with Crippen molar-refractivity contribution >= 4 is 40.5 Å². The number of para-hydroxylation sites is 1. The first-order chi connectivity index (χ1) is 10.6. The Morgan fingerprint density at radius 1 is 0.909 bits per heavy atom. The van der Waals surface area contributed by atoms with Crippen LogP contribution in [0.1, 0.15) is 5.89 Å². The van der Waals surface area contributed by atoms with E-state index in [0.717, 1.165) is 5.56 Å². The third-order valence-electron chi connectivity index (χ3n) is 2.94. The molecule has 1 aromatic heterocycles. The van der Waals surface area contributed by atoms with Gasteiger partial charge in [0.05, 0.1) is 22.3 Å². The minimum atomic E-state index is 0.323. The van der Waals surface area contributed by atoms with Crippen LogP contribution in [0.2, 0.25) is 15.1 Å². The molecule has 0 aliphatic carbocycles. The van der Waals surface area contributed by atoms with Crippen LogP contribution in [0, 0.1) is 0 Å². The topological polar surface area (TPSA) is 51.0 Å². The van der Waals surface area contributed by atoms with E-state index in [2.05, 4.69) is 15.5 Å². The van der Waals surface area contributed by atoms with E-state index < -0.39 is 0 Å². The Balaban J connectivity index is 1.73. The molecule has 0 atom stereocenters. The van der Waals surface area contributed by atoms with E-state index in [9.17, 15) is 0 Å². The minimum absolute atomic E-state index is 0.323. The van der Waals surface area contributed by atoms with Crippen LogP contribution in [0.4, 0.5) is 5.69 Å². The molecule has 3 aromatic rings. The monoisotopic (exact) mass is 353 g/mol. The third-order valence-corrected chi connectivity index (χ3v) is 3.82. The second-order valence-electron chi connectivity index (χ2n) is 4.46. The van der Waals surface area contributed by atoms with Crippen LogP contribution >= 0.6 is 34.8 Å². The van der Waals surface area contributed by atoms with Crippen LogP contribution in [-0.2, 0) is 6.54 Å². The highest BCUT2D eigenvalue weighted by Crippen LogP contribution is 2.30. The Labute approximate surface area is 142 Å². The molecule has 0 saturated heterocycles. The summed E-state index contributed by atoms with van der Waals surface area (Å²) in [5, 5.41) is 12.8. The van der Waals surface area contributed by atoms with E-state index in [1.165, 1.54) is 0 Å². The normalized spacial score (nSPS) is 10.7. The standard InChI is InChI=1S/C15H10Cl3N3O/c16-10-6-4-9(5-7-10)15-21-20-13(22-15)8-19-14-11(17)2-1-3-12(14)18/h1-7,19H,8H2. The van der Waals surface area contributed by atoms with Crippen LogP contribution in [0.25, 0.3) is 11.5 Å². The molecule has 0 amide bonds. The summed E-state index contributed by atoms with van der Waals surface area (Å²) in [6.07, 6.45) is 0. The van der Waals surface area contributed by atoms with Gasteiger partial charge in [-0.2, -0.15) is 0 Å². The lowest BCUT2D eigenvalue weighted by Crippen LogP contribution is -2.00. The Kier molecular flexibility index (Phi) is 4.52. The maximum Gasteiger partial charge on any atom is 0.247 e. The lowest BCUT2D eigenvalue weighted by atomic mass is 10.2. The number of hydrogen-bond acceptors (Lipinski definition) is 4. The average molecular weight is 355 g/mol. The van der Waals surface area contributed by atoms with Gasteiger partial charge in [-0.3, -0.25) is 0 Å². The molecule has 0 radical (unpaired) electrons. The zero-order chi connectivity index (χ0) is 15.5. The number of nitrogens with zero attached hydrogens (tertiary/aromatic N) is 2. The van der Waals surface area contributed by atoms with Crippen molar-refractivity contribution in [2.75, 3.05) is 5.32 Å². The molecule has 0 bridgehead atoms. The quantitative estimate of drug-likeness (QED) is 0.690. The summed E-state index contributed by atoms with van der Waals surface area (Å²) in [6, 6.07) is 12.5. The molecule has 0 aliphatic heterocycles. The number of hydrogen-bond donors (Lipinski definition) is 1. The van der Waals surface area contributed by atoms with E-state index in [1.807, 2.05) is 12.1 Å². The molecule has 4 nitrogen and oxygen atoms in total. The fraction of sp³-hybridized carbons (Fsp3) is 0.0667. The maximum absolute atomic E-state index is 6.09. The average Bonchev–Trinajstić information content (AvgIpc) is 2.96. The van der Waals surface area contributed by atoms with Gasteiger partial charge in [0.2, 0.25) is 11.8 Å². The second-order valence-corrected chi connectivity index (χ2v) is 5.71. The van der Waals surface area contributed by atoms with Gasteiger partial charge in [-0.05, 0) is 36.4 Å². The first-order valence-electron chi connectivity index (χ1n) is 6.39. The summed E-state index contributed by atoms with van der Waals surface area (Å²) >= 11 is 18.0. The molecule has 3 rings (SSSR count). The van der Waals surface area contributed by atoms with Gasteiger partial charge in [0, 0.05) is 10.6 Å². The lowest BCUT2D eigenvalue weighted by molar-refractivity contribution is 0.515. The highest BCUT2D eigenvalue weighted by Gasteiger charge is 2.10. The Morgan fingerprint density at radius 2 is 1.59 bits per heavy atom. The number of rotatable bonds is 4. The van der Waals surface area contributed by atoms with Crippen LogP contribution in [-0.4, -0.2) is 10.2 Å². The first kappa shape index (κ1) is 15.2. The van der Waals surface area contributed by atoms with Gasteiger partial charge in [0.25, 0.3) is 0 Å². The van der Waals surface area contributed by atoms with Gasteiger partial charge >= 0.3 is 0 Å². The zero-order valence-electron chi connectivity index (χ0n) is 11.2. The molecule has 2 aromatic carbocycles. The smallest absolute Gasteiger partial charge is 0.247 e. The van der Waals surface area contributed by atoms with Crippen LogP contribution in [0.5, 0.6) is 0 Å². The number of aromatic nitrogens is 2. The van der Waals surface area contributed by atoms with Crippen molar-refractivity contribution in [1.29, 1.82) is 0 Å². The molecule has 0 spiro atoms. The zero-order valence-corrected chi connectivity index (χ0v) is 13.5. The summed E-state index contributed by atoms with van der Waals surface area (Å²) in [5.74, 6) is 0.861. The van der Waals surface area contributed by atoms with Crippen molar-refractivity contribution in [2.24, 2.45) is 0 Å². The summed E-state index contributed by atoms with van der Waals surface area (Å²) in [6.45, 7) is 0.323. The molecule has 0 unspecified atom stereocenters. The number of nitrogens with one attached hydrogen (secondary N) is 1. The summed E-state index contributed by atoms with van der Waals surface area (Å²) in [4.78, 5) is 0. The third kappa shape index (κ3) is 3.35. The fourth-order valence-corrected chi connectivity index (χ4v) is 2.52. The molecule has 0 aliphatic rings. The van der Waals surface area contributed by atoms with E-state index in [1.54, 1.807) is 30.3 Å². The molecule has 112 valence electrons. The van der Waals surface area contributed by atoms with Crippen molar-refractivity contribution in [1.82, 2.24) is 10.2 Å². The van der Waals surface area contributed by atoms with Crippen molar-refractivity contribution in [3.05, 3.63) is 63.4 Å². The highest BCUT2D eigenvalue weighted by atomic mass is 35.5. The Bertz CT molecular complexity index is 767. The fourth-order valence-electron chi connectivity index (χ4n) is 1.86. The van der Waals surface area contributed by atoms with Crippen LogP contribution in [0.15, 0.2) is 46.9 Å². The molecule has 0 saturated carbocycles. The maximum atomic E-state index is 6.09. The predicted octanol–water partition coefficient (Wildman–Crippen LogP) is 5.31. The second kappa shape index (κ2) is 6.57. The van der Waals surface area contributed by atoms with E-state index >= 15 is 0 Å². The SMILES string of the molecule is Clc1ccc(-c2nnc(CNc3c(Cl)cccc3Cl)o2)cc1. The van der Waals surface area contributed by atoms with E-state index in [0.29, 0.717) is 39.1 Å². The van der Waals surface area contributed by atoms with Gasteiger partial charge in [-0.1, -0.05) is 40.9 Å². The lowest BCUT2D eigenvalue weighted by Gasteiger charge is -2.07. The largest absolute Gasteiger partial charge is 0.419 e. The Morgan fingerprint density at radius 3 is 2.27 bits per heavy atom. The summed E-state index contributed by atoms with van der Waals surface area (Å²) in [7, 11) is 0.